The van der Waals surface area contributed by atoms with Crippen LogP contribution in [0, 0.1) is 6.92 Å². The van der Waals surface area contributed by atoms with Gasteiger partial charge in [-0.05, 0) is 108 Å². The van der Waals surface area contributed by atoms with Gasteiger partial charge in [-0.1, -0.05) is 155 Å². The summed E-state index contributed by atoms with van der Waals surface area (Å²) in [5, 5.41) is 22.7. The third-order valence-corrected chi connectivity index (χ3v) is 14.1. The number of thioether (sulfide) groups is 1. The molecule has 2 heterocycles. The Morgan fingerprint density at radius 2 is 1.55 bits per heavy atom. The second kappa shape index (κ2) is 20.2. The van der Waals surface area contributed by atoms with E-state index < -0.39 is 24.0 Å². The van der Waals surface area contributed by atoms with Crippen LogP contribution in [0.3, 0.4) is 0 Å². The summed E-state index contributed by atoms with van der Waals surface area (Å²) < 4.78 is 15.0. The summed E-state index contributed by atoms with van der Waals surface area (Å²) in [6.45, 7) is 19.0. The van der Waals surface area contributed by atoms with Crippen molar-refractivity contribution < 1.29 is 19.1 Å². The lowest BCUT2D eigenvalue weighted by Crippen LogP contribution is -2.38. The molecule has 344 valence electrons. The normalized spacial score (nSPS) is 15.1. The molecule has 0 spiro atoms. The number of aryl methyl sites for hydroxylation is 1. The summed E-state index contributed by atoms with van der Waals surface area (Å²) >= 11 is 21.4. The van der Waals surface area contributed by atoms with Gasteiger partial charge in [-0.3, -0.25) is 9.59 Å². The second-order valence-corrected chi connectivity index (χ2v) is 20.2. The van der Waals surface area contributed by atoms with Crippen molar-refractivity contribution in [3.05, 3.63) is 146 Å². The van der Waals surface area contributed by atoms with Crippen LogP contribution in [0.2, 0.25) is 15.1 Å². The largest absolute Gasteiger partial charge is 0.480 e. The molecule has 7 rings (SSSR count). The maximum Gasteiger partial charge on any atom is 0.295 e. The zero-order chi connectivity index (χ0) is 47.5. The Labute approximate surface area is 406 Å². The van der Waals surface area contributed by atoms with Crippen molar-refractivity contribution in [3.63, 3.8) is 0 Å². The molecule has 0 radical (unpaired) electrons. The highest BCUT2D eigenvalue weighted by atomic mass is 35.5. The average Bonchev–Trinajstić information content (AvgIpc) is 3.89. The van der Waals surface area contributed by atoms with Crippen LogP contribution in [0.5, 0.6) is 11.5 Å². The summed E-state index contributed by atoms with van der Waals surface area (Å²) in [7, 11) is 0. The van der Waals surface area contributed by atoms with Gasteiger partial charge in [-0.2, -0.15) is 14.8 Å². The van der Waals surface area contributed by atoms with Crippen molar-refractivity contribution in [2.45, 2.75) is 115 Å². The molecule has 3 atom stereocenters. The zero-order valence-electron chi connectivity index (χ0n) is 38.5. The molecule has 6 aromatic rings. The van der Waals surface area contributed by atoms with Crippen LogP contribution in [0.25, 0.3) is 5.69 Å². The van der Waals surface area contributed by atoms with Crippen LogP contribution in [0.1, 0.15) is 108 Å². The standard InChI is InChI=1S/C51H54Cl3N7O4S/c1-10-41(64-43-25-21-33(50(6,7)11-2)27-38(43)51(8,9)12-3)47(62)55-40-29-35(53)28-39(54)45(40)61-48(63)46(44(57-61)32-19-22-34(52)23-20-32)65-42-24-18-30(4)26-37(42)31(5)66-49-56-58-59-60(49)36-16-14-13-15-17-36/h13-29,31,41,46H,10-12H2,1-9H3,(H,55,62). The number of anilines is 2. The minimum Gasteiger partial charge on any atom is -0.480 e. The molecule has 1 N–H and O–H groups in total. The molecule has 66 heavy (non-hydrogen) atoms. The SMILES string of the molecule is CCC(Oc1ccc(C(C)(C)CC)cc1C(C)(C)CC)C(=O)Nc1cc(Cl)cc(Cl)c1N1N=C(c2ccc(Cl)cc2)C(Oc2ccc(C)cc2C(C)Sc2nnnn2-c2ccccc2)C1=O. The van der Waals surface area contributed by atoms with Crippen molar-refractivity contribution in [3.8, 4) is 17.2 Å². The highest BCUT2D eigenvalue weighted by Crippen LogP contribution is 2.44. The van der Waals surface area contributed by atoms with E-state index >= 15 is 0 Å². The first-order valence-corrected chi connectivity index (χ1v) is 24.0. The van der Waals surface area contributed by atoms with Crippen molar-refractivity contribution in [2.75, 3.05) is 10.3 Å². The Kier molecular flexibility index (Phi) is 14.9. The Balaban J connectivity index is 1.22. The molecule has 11 nitrogen and oxygen atoms in total. The number of aromatic nitrogens is 4. The molecule has 5 aromatic carbocycles. The maximum atomic E-state index is 14.9. The predicted octanol–water partition coefficient (Wildman–Crippen LogP) is 13.2. The minimum absolute atomic E-state index is 0.0441. The number of rotatable bonds is 17. The van der Waals surface area contributed by atoms with Crippen molar-refractivity contribution >= 4 is 75.5 Å². The summed E-state index contributed by atoms with van der Waals surface area (Å²) in [6, 6.07) is 31.7. The highest BCUT2D eigenvalue weighted by Gasteiger charge is 2.42. The van der Waals surface area contributed by atoms with Crippen LogP contribution in [-0.4, -0.2) is 49.9 Å². The lowest BCUT2D eigenvalue weighted by atomic mass is 9.76. The maximum absolute atomic E-state index is 14.9. The third kappa shape index (κ3) is 10.4. The molecule has 0 aliphatic carbocycles. The van der Waals surface area contributed by atoms with Gasteiger partial charge in [0.15, 0.2) is 6.10 Å². The van der Waals surface area contributed by atoms with Crippen LogP contribution < -0.4 is 19.8 Å². The van der Waals surface area contributed by atoms with E-state index in [1.165, 1.54) is 28.4 Å². The van der Waals surface area contributed by atoms with Gasteiger partial charge >= 0.3 is 0 Å². The molecule has 1 aliphatic rings. The Morgan fingerprint density at radius 3 is 2.23 bits per heavy atom. The Morgan fingerprint density at radius 1 is 0.848 bits per heavy atom. The molecule has 1 aliphatic heterocycles. The summed E-state index contributed by atoms with van der Waals surface area (Å²) in [5.74, 6) is 0.0839. The molecule has 0 bridgehead atoms. The lowest BCUT2D eigenvalue weighted by molar-refractivity contribution is -0.123. The van der Waals surface area contributed by atoms with E-state index in [1.54, 1.807) is 35.0 Å². The number of nitrogens with one attached hydrogen (secondary N) is 1. The second-order valence-electron chi connectivity index (χ2n) is 17.6. The van der Waals surface area contributed by atoms with E-state index in [0.717, 1.165) is 35.2 Å². The number of benzene rings is 5. The van der Waals surface area contributed by atoms with E-state index in [4.69, 9.17) is 49.4 Å². The topological polar surface area (TPSA) is 124 Å². The highest BCUT2D eigenvalue weighted by molar-refractivity contribution is 7.99. The summed E-state index contributed by atoms with van der Waals surface area (Å²) in [5.41, 5.74) is 5.74. The van der Waals surface area contributed by atoms with Gasteiger partial charge in [0.1, 0.15) is 22.9 Å². The van der Waals surface area contributed by atoms with Gasteiger partial charge in [0.25, 0.3) is 11.8 Å². The zero-order valence-corrected chi connectivity index (χ0v) is 41.6. The number of nitrogens with zero attached hydrogens (tertiary/aromatic N) is 6. The molecule has 0 saturated carbocycles. The minimum atomic E-state index is -1.25. The van der Waals surface area contributed by atoms with Crippen LogP contribution in [0.4, 0.5) is 11.4 Å². The number of halogens is 3. The Bertz CT molecular complexity index is 2760. The van der Waals surface area contributed by atoms with Gasteiger partial charge in [0.2, 0.25) is 11.3 Å². The number of para-hydroxylation sites is 1. The molecule has 0 saturated heterocycles. The van der Waals surface area contributed by atoms with E-state index in [-0.39, 0.29) is 37.5 Å². The first-order chi connectivity index (χ1) is 31.4. The fourth-order valence-electron chi connectivity index (χ4n) is 7.50. The molecule has 1 aromatic heterocycles. The number of hydrogen-bond donors (Lipinski definition) is 1. The molecule has 15 heteroatoms. The number of amides is 2. The van der Waals surface area contributed by atoms with Gasteiger partial charge in [-0.25, -0.2) is 0 Å². The molecule has 3 unspecified atom stereocenters. The van der Waals surface area contributed by atoms with Crippen molar-refractivity contribution in [1.29, 1.82) is 0 Å². The number of hydrazone groups is 1. The monoisotopic (exact) mass is 965 g/mol. The number of hydrogen-bond acceptors (Lipinski definition) is 9. The number of carbonyl (C=O) groups is 2. The lowest BCUT2D eigenvalue weighted by Gasteiger charge is -2.31. The van der Waals surface area contributed by atoms with E-state index in [2.05, 4.69) is 74.5 Å². The summed E-state index contributed by atoms with van der Waals surface area (Å²) in [4.78, 5) is 29.3. The summed E-state index contributed by atoms with van der Waals surface area (Å²) in [6.07, 6.45) is 0.00805. The van der Waals surface area contributed by atoms with Gasteiger partial charge in [0, 0.05) is 32.0 Å². The van der Waals surface area contributed by atoms with Gasteiger partial charge in [0.05, 0.1) is 16.4 Å². The quantitative estimate of drug-likeness (QED) is 0.0896. The molecule has 2 amide bonds. The van der Waals surface area contributed by atoms with E-state index in [1.807, 2.05) is 75.4 Å². The first kappa shape index (κ1) is 48.5. The average molecular weight is 967 g/mol. The number of tetrazole rings is 1. The predicted molar refractivity (Wildman–Crippen MR) is 267 cm³/mol. The van der Waals surface area contributed by atoms with E-state index in [9.17, 15) is 9.59 Å². The Hall–Kier alpha value is -5.40. The van der Waals surface area contributed by atoms with Crippen molar-refractivity contribution in [1.82, 2.24) is 20.2 Å². The molecular formula is C51H54Cl3N7O4S. The smallest absolute Gasteiger partial charge is 0.295 e. The number of ether oxygens (including phenoxy) is 2. The van der Waals surface area contributed by atoms with E-state index in [0.29, 0.717) is 39.4 Å². The number of carbonyl (C=O) groups excluding carboxylic acids is 2. The van der Waals surface area contributed by atoms with Gasteiger partial charge < -0.3 is 14.8 Å². The van der Waals surface area contributed by atoms with Crippen LogP contribution >= 0.6 is 46.6 Å². The molecular weight excluding hydrogens is 913 g/mol. The van der Waals surface area contributed by atoms with Crippen LogP contribution in [-0.2, 0) is 20.4 Å². The molecule has 0 fully saturated rings. The first-order valence-electron chi connectivity index (χ1n) is 22.0. The van der Waals surface area contributed by atoms with Crippen LogP contribution in [0.15, 0.2) is 113 Å². The fraction of sp³-hybridized carbons (Fsp3) is 0.333. The third-order valence-electron chi connectivity index (χ3n) is 12.3. The van der Waals surface area contributed by atoms with Gasteiger partial charge in [-0.15, -0.1) is 5.10 Å². The van der Waals surface area contributed by atoms with Crippen molar-refractivity contribution in [2.24, 2.45) is 5.10 Å². The fourth-order valence-corrected chi connectivity index (χ4v) is 9.15.